The van der Waals surface area contributed by atoms with Gasteiger partial charge >= 0.3 is 0 Å². The maximum Gasteiger partial charge on any atom is 0.274 e. The van der Waals surface area contributed by atoms with E-state index in [4.69, 9.17) is 4.52 Å². The van der Waals surface area contributed by atoms with Gasteiger partial charge in [0.05, 0.1) is 11.1 Å². The molecule has 0 unspecified atom stereocenters. The Bertz CT molecular complexity index is 1540. The SMILES string of the molecule is CCNC(=O)c1noc(-c2cc(-c3cccc(C(C)C)c3)c(O)cc2O)c1-c1ccc(CN2CCCN(C)CC2)cc1. The Morgan fingerprint density at radius 1 is 0.952 bits per heavy atom. The zero-order chi connectivity index (χ0) is 29.8. The number of benzene rings is 3. The standard InChI is InChI=1S/C34H40N4O4/c1-5-35-34(41)32-31(24-12-10-23(11-13-24)21-38-15-7-14-37(4)16-17-38)33(42-36-32)28-19-27(29(39)20-30(28)40)26-9-6-8-25(18-26)22(2)3/h6,8-13,18-20,22,39-40H,5,7,14-17,21H2,1-4H3,(H,35,41). The largest absolute Gasteiger partial charge is 0.507 e. The third-order valence-corrected chi connectivity index (χ3v) is 7.93. The minimum absolute atomic E-state index is 0.0498. The summed E-state index contributed by atoms with van der Waals surface area (Å²) in [5, 5.41) is 28.8. The number of aromatic nitrogens is 1. The lowest BCUT2D eigenvalue weighted by molar-refractivity contribution is 0.0947. The Labute approximate surface area is 247 Å². The molecule has 0 bridgehead atoms. The molecule has 0 atom stereocenters. The van der Waals surface area contributed by atoms with E-state index in [9.17, 15) is 15.0 Å². The molecule has 1 saturated heterocycles. The van der Waals surface area contributed by atoms with Crippen molar-refractivity contribution in [1.82, 2.24) is 20.3 Å². The van der Waals surface area contributed by atoms with Gasteiger partial charge in [-0.2, -0.15) is 0 Å². The molecular weight excluding hydrogens is 528 g/mol. The van der Waals surface area contributed by atoms with Crippen molar-refractivity contribution >= 4 is 5.91 Å². The van der Waals surface area contributed by atoms with E-state index in [1.165, 1.54) is 11.6 Å². The molecule has 1 fully saturated rings. The van der Waals surface area contributed by atoms with E-state index >= 15 is 0 Å². The molecule has 5 rings (SSSR count). The van der Waals surface area contributed by atoms with Crippen LogP contribution in [0, 0.1) is 0 Å². The van der Waals surface area contributed by atoms with Crippen molar-refractivity contribution in [2.24, 2.45) is 0 Å². The number of nitrogens with zero attached hydrogens (tertiary/aromatic N) is 3. The summed E-state index contributed by atoms with van der Waals surface area (Å²) in [7, 11) is 2.17. The molecule has 0 spiro atoms. The van der Waals surface area contributed by atoms with Gasteiger partial charge in [-0.25, -0.2) is 0 Å². The first-order chi connectivity index (χ1) is 20.2. The third kappa shape index (κ3) is 6.35. The summed E-state index contributed by atoms with van der Waals surface area (Å²) in [6.07, 6.45) is 1.15. The van der Waals surface area contributed by atoms with Crippen LogP contribution in [0.3, 0.4) is 0 Å². The van der Waals surface area contributed by atoms with Gasteiger partial charge in [-0.05, 0) is 67.7 Å². The normalized spacial score (nSPS) is 14.7. The average Bonchev–Trinajstić information content (AvgIpc) is 3.31. The number of carbonyl (C=O) groups is 1. The zero-order valence-corrected chi connectivity index (χ0v) is 24.9. The Kier molecular flexibility index (Phi) is 8.94. The van der Waals surface area contributed by atoms with Crippen molar-refractivity contribution < 1.29 is 19.5 Å². The van der Waals surface area contributed by atoms with Crippen LogP contribution in [0.2, 0.25) is 0 Å². The highest BCUT2D eigenvalue weighted by molar-refractivity contribution is 6.03. The summed E-state index contributed by atoms with van der Waals surface area (Å²) < 4.78 is 5.79. The van der Waals surface area contributed by atoms with Gasteiger partial charge in [0, 0.05) is 37.8 Å². The monoisotopic (exact) mass is 568 g/mol. The molecule has 3 aromatic carbocycles. The van der Waals surface area contributed by atoms with E-state index in [0.29, 0.717) is 29.2 Å². The number of aromatic hydroxyl groups is 2. The number of nitrogens with one attached hydrogen (secondary N) is 1. The Hall–Kier alpha value is -4.14. The van der Waals surface area contributed by atoms with Gasteiger partial charge in [0.1, 0.15) is 11.5 Å². The molecule has 1 aromatic heterocycles. The number of phenols is 2. The van der Waals surface area contributed by atoms with Gasteiger partial charge in [0.15, 0.2) is 11.5 Å². The number of hydrogen-bond acceptors (Lipinski definition) is 7. The minimum atomic E-state index is -0.358. The molecule has 8 nitrogen and oxygen atoms in total. The molecule has 1 amide bonds. The smallest absolute Gasteiger partial charge is 0.274 e. The van der Waals surface area contributed by atoms with E-state index in [2.05, 4.69) is 59.4 Å². The maximum absolute atomic E-state index is 13.1. The summed E-state index contributed by atoms with van der Waals surface area (Å²) >= 11 is 0. The molecule has 8 heteroatoms. The molecule has 3 N–H and O–H groups in total. The van der Waals surface area contributed by atoms with E-state index < -0.39 is 0 Å². The number of phenolic OH excluding ortho intramolecular Hbond substituents is 2. The topological polar surface area (TPSA) is 102 Å². The number of rotatable bonds is 8. The first kappa shape index (κ1) is 29.4. The second-order valence-corrected chi connectivity index (χ2v) is 11.4. The van der Waals surface area contributed by atoms with E-state index in [1.807, 2.05) is 37.3 Å². The van der Waals surface area contributed by atoms with Gasteiger partial charge in [-0.15, -0.1) is 0 Å². The predicted octanol–water partition coefficient (Wildman–Crippen LogP) is 6.10. The van der Waals surface area contributed by atoms with E-state index in [-0.39, 0.29) is 28.9 Å². The summed E-state index contributed by atoms with van der Waals surface area (Å²) in [5.41, 5.74) is 5.40. The van der Waals surface area contributed by atoms with Crippen LogP contribution in [0.5, 0.6) is 11.5 Å². The van der Waals surface area contributed by atoms with Crippen LogP contribution >= 0.6 is 0 Å². The van der Waals surface area contributed by atoms with Crippen LogP contribution in [0.15, 0.2) is 65.2 Å². The van der Waals surface area contributed by atoms with Crippen molar-refractivity contribution in [2.45, 2.75) is 39.7 Å². The molecule has 1 aliphatic heterocycles. The van der Waals surface area contributed by atoms with Crippen molar-refractivity contribution in [3.63, 3.8) is 0 Å². The number of likely N-dealkylation sites (N-methyl/N-ethyl adjacent to an activating group) is 1. The summed E-state index contributed by atoms with van der Waals surface area (Å²) in [4.78, 5) is 17.9. The summed E-state index contributed by atoms with van der Waals surface area (Å²) in [6.45, 7) is 11.6. The summed E-state index contributed by atoms with van der Waals surface area (Å²) in [6, 6.07) is 19.1. The van der Waals surface area contributed by atoms with Gasteiger partial charge in [-0.3, -0.25) is 9.69 Å². The molecular formula is C34H40N4O4. The molecule has 0 saturated carbocycles. The molecule has 1 aliphatic rings. The first-order valence-electron chi connectivity index (χ1n) is 14.7. The fraction of sp³-hybridized carbons (Fsp3) is 0.353. The van der Waals surface area contributed by atoms with Crippen molar-refractivity contribution in [1.29, 1.82) is 0 Å². The Morgan fingerprint density at radius 2 is 1.71 bits per heavy atom. The molecule has 2 heterocycles. The van der Waals surface area contributed by atoms with Crippen molar-refractivity contribution in [2.75, 3.05) is 39.8 Å². The van der Waals surface area contributed by atoms with Gasteiger partial charge in [0.2, 0.25) is 0 Å². The lowest BCUT2D eigenvalue weighted by atomic mass is 9.93. The minimum Gasteiger partial charge on any atom is -0.507 e. The highest BCUT2D eigenvalue weighted by atomic mass is 16.5. The average molecular weight is 569 g/mol. The van der Waals surface area contributed by atoms with Crippen LogP contribution in [0.4, 0.5) is 0 Å². The van der Waals surface area contributed by atoms with Gasteiger partial charge < -0.3 is 25.0 Å². The highest BCUT2D eigenvalue weighted by Crippen LogP contribution is 2.44. The highest BCUT2D eigenvalue weighted by Gasteiger charge is 2.27. The van der Waals surface area contributed by atoms with E-state index in [0.717, 1.165) is 55.8 Å². The molecule has 4 aromatic rings. The van der Waals surface area contributed by atoms with Crippen LogP contribution < -0.4 is 5.32 Å². The second kappa shape index (κ2) is 12.8. The quantitative estimate of drug-likeness (QED) is 0.236. The number of carbonyl (C=O) groups excluding carboxylic acids is 1. The Balaban J connectivity index is 1.55. The van der Waals surface area contributed by atoms with Crippen molar-refractivity contribution in [3.05, 3.63) is 77.5 Å². The molecule has 42 heavy (non-hydrogen) atoms. The fourth-order valence-corrected chi connectivity index (χ4v) is 5.49. The molecule has 0 radical (unpaired) electrons. The van der Waals surface area contributed by atoms with Crippen LogP contribution in [-0.4, -0.2) is 70.8 Å². The van der Waals surface area contributed by atoms with E-state index in [1.54, 1.807) is 6.07 Å². The van der Waals surface area contributed by atoms with Crippen LogP contribution in [0.1, 0.15) is 54.7 Å². The lowest BCUT2D eigenvalue weighted by Gasteiger charge is -2.20. The first-order valence-corrected chi connectivity index (χ1v) is 14.7. The van der Waals surface area contributed by atoms with Gasteiger partial charge in [0.25, 0.3) is 5.91 Å². The zero-order valence-electron chi connectivity index (χ0n) is 24.9. The lowest BCUT2D eigenvalue weighted by Crippen LogP contribution is -2.28. The van der Waals surface area contributed by atoms with Crippen LogP contribution in [-0.2, 0) is 6.54 Å². The second-order valence-electron chi connectivity index (χ2n) is 11.4. The molecule has 0 aliphatic carbocycles. The predicted molar refractivity (Wildman–Crippen MR) is 166 cm³/mol. The molecule has 220 valence electrons. The third-order valence-electron chi connectivity index (χ3n) is 7.93. The van der Waals surface area contributed by atoms with Crippen LogP contribution in [0.25, 0.3) is 33.6 Å². The Morgan fingerprint density at radius 3 is 2.45 bits per heavy atom. The number of amides is 1. The van der Waals surface area contributed by atoms with Crippen molar-refractivity contribution in [3.8, 4) is 45.1 Å². The maximum atomic E-state index is 13.1. The number of hydrogen-bond donors (Lipinski definition) is 3. The summed E-state index contributed by atoms with van der Waals surface area (Å²) in [5.74, 6) is -0.000308. The fourth-order valence-electron chi connectivity index (χ4n) is 5.49. The van der Waals surface area contributed by atoms with Gasteiger partial charge in [-0.1, -0.05) is 67.5 Å².